The minimum atomic E-state index is -1.25. The van der Waals surface area contributed by atoms with Crippen LogP contribution in [0.25, 0.3) is 0 Å². The average molecular weight is 192 g/mol. The van der Waals surface area contributed by atoms with Gasteiger partial charge in [-0.15, -0.1) is 0 Å². The average Bonchev–Trinajstić information content (AvgIpc) is 2.12. The van der Waals surface area contributed by atoms with Gasteiger partial charge in [-0.1, -0.05) is 18.2 Å². The molecule has 0 radical (unpaired) electrons. The molecule has 0 aliphatic rings. The first-order valence-electron chi connectivity index (χ1n) is 4.70. The standard InChI is InChI=1S/C12H16O2/c1-9-5-4-6-10(2)11(9)7-12(3,14)8-13/h4-6,8,14H,7H2,1-3H3. The fraction of sp³-hybridized carbons (Fsp3) is 0.417. The van der Waals surface area contributed by atoms with E-state index in [1.165, 1.54) is 6.92 Å². The molecule has 0 amide bonds. The van der Waals surface area contributed by atoms with Gasteiger partial charge in [0.2, 0.25) is 0 Å². The third-order valence-corrected chi connectivity index (χ3v) is 2.43. The number of hydrogen-bond acceptors (Lipinski definition) is 2. The quantitative estimate of drug-likeness (QED) is 0.741. The summed E-state index contributed by atoms with van der Waals surface area (Å²) in [5.41, 5.74) is 2.04. The van der Waals surface area contributed by atoms with Crippen LogP contribution in [0.15, 0.2) is 18.2 Å². The van der Waals surface area contributed by atoms with Crippen molar-refractivity contribution in [3.05, 3.63) is 34.9 Å². The molecule has 0 bridgehead atoms. The molecule has 0 aromatic heterocycles. The Balaban J connectivity index is 3.02. The lowest BCUT2D eigenvalue weighted by Crippen LogP contribution is -2.29. The lowest BCUT2D eigenvalue weighted by molar-refractivity contribution is -0.122. The van der Waals surface area contributed by atoms with Crippen LogP contribution in [0, 0.1) is 13.8 Å². The smallest absolute Gasteiger partial charge is 0.151 e. The summed E-state index contributed by atoms with van der Waals surface area (Å²) in [6.45, 7) is 5.51. The summed E-state index contributed by atoms with van der Waals surface area (Å²) in [5, 5.41) is 9.66. The third kappa shape index (κ3) is 2.42. The van der Waals surface area contributed by atoms with E-state index >= 15 is 0 Å². The molecule has 0 saturated carbocycles. The van der Waals surface area contributed by atoms with Crippen molar-refractivity contribution < 1.29 is 9.90 Å². The highest BCUT2D eigenvalue weighted by Crippen LogP contribution is 2.18. The number of aldehydes is 1. The zero-order chi connectivity index (χ0) is 10.8. The number of rotatable bonds is 3. The maximum absolute atomic E-state index is 10.6. The van der Waals surface area contributed by atoms with E-state index in [1.807, 2.05) is 32.0 Å². The molecule has 14 heavy (non-hydrogen) atoms. The van der Waals surface area contributed by atoms with Crippen LogP contribution in [0.1, 0.15) is 23.6 Å². The molecular weight excluding hydrogens is 176 g/mol. The Labute approximate surface area is 84.6 Å². The molecule has 76 valence electrons. The normalized spacial score (nSPS) is 14.9. The number of carbonyl (C=O) groups excluding carboxylic acids is 1. The van der Waals surface area contributed by atoms with Crippen molar-refractivity contribution >= 4 is 6.29 Å². The molecule has 0 aliphatic heterocycles. The van der Waals surface area contributed by atoms with Crippen molar-refractivity contribution in [1.29, 1.82) is 0 Å². The van der Waals surface area contributed by atoms with Crippen LogP contribution in [0.5, 0.6) is 0 Å². The summed E-state index contributed by atoms with van der Waals surface area (Å²) in [6.07, 6.45) is 0.980. The molecule has 2 heteroatoms. The van der Waals surface area contributed by atoms with E-state index < -0.39 is 5.60 Å². The Kier molecular flexibility index (Phi) is 3.06. The Morgan fingerprint density at radius 1 is 1.36 bits per heavy atom. The molecule has 1 unspecified atom stereocenters. The van der Waals surface area contributed by atoms with Crippen LogP contribution in [0.2, 0.25) is 0 Å². The van der Waals surface area contributed by atoms with Gasteiger partial charge in [-0.2, -0.15) is 0 Å². The lowest BCUT2D eigenvalue weighted by atomic mass is 9.92. The van der Waals surface area contributed by atoms with Gasteiger partial charge in [-0.25, -0.2) is 0 Å². The Morgan fingerprint density at radius 2 is 1.86 bits per heavy atom. The molecule has 0 saturated heterocycles. The number of aliphatic hydroxyl groups is 1. The maximum atomic E-state index is 10.6. The van der Waals surface area contributed by atoms with E-state index in [0.29, 0.717) is 12.7 Å². The summed E-state index contributed by atoms with van der Waals surface area (Å²) in [5.74, 6) is 0. The highest BCUT2D eigenvalue weighted by molar-refractivity contribution is 5.62. The van der Waals surface area contributed by atoms with Crippen molar-refractivity contribution in [3.8, 4) is 0 Å². The number of aryl methyl sites for hydroxylation is 2. The first-order valence-corrected chi connectivity index (χ1v) is 4.70. The van der Waals surface area contributed by atoms with Gasteiger partial charge < -0.3 is 9.90 Å². The van der Waals surface area contributed by atoms with Gasteiger partial charge in [0.25, 0.3) is 0 Å². The molecule has 1 aromatic rings. The van der Waals surface area contributed by atoms with E-state index in [4.69, 9.17) is 0 Å². The zero-order valence-corrected chi connectivity index (χ0v) is 8.87. The summed E-state index contributed by atoms with van der Waals surface area (Å²) < 4.78 is 0. The first kappa shape index (κ1) is 10.9. The molecule has 0 fully saturated rings. The summed E-state index contributed by atoms with van der Waals surface area (Å²) in [7, 11) is 0. The van der Waals surface area contributed by atoms with E-state index in [0.717, 1.165) is 16.7 Å². The van der Waals surface area contributed by atoms with E-state index in [1.54, 1.807) is 0 Å². The van der Waals surface area contributed by atoms with Gasteiger partial charge in [-0.05, 0) is 37.5 Å². The second-order valence-corrected chi connectivity index (χ2v) is 4.02. The van der Waals surface area contributed by atoms with Crippen molar-refractivity contribution in [2.24, 2.45) is 0 Å². The molecule has 0 aliphatic carbocycles. The number of benzene rings is 1. The molecule has 2 nitrogen and oxygen atoms in total. The molecule has 0 heterocycles. The van der Waals surface area contributed by atoms with E-state index in [9.17, 15) is 9.90 Å². The van der Waals surface area contributed by atoms with Crippen molar-refractivity contribution in [2.45, 2.75) is 32.8 Å². The molecule has 1 N–H and O–H groups in total. The van der Waals surface area contributed by atoms with Gasteiger partial charge in [0.05, 0.1) is 0 Å². The number of carbonyl (C=O) groups is 1. The fourth-order valence-electron chi connectivity index (χ4n) is 1.53. The van der Waals surface area contributed by atoms with Gasteiger partial charge in [-0.3, -0.25) is 0 Å². The van der Waals surface area contributed by atoms with Gasteiger partial charge in [0.1, 0.15) is 5.60 Å². The second kappa shape index (κ2) is 3.93. The van der Waals surface area contributed by atoms with Crippen molar-refractivity contribution in [1.82, 2.24) is 0 Å². The SMILES string of the molecule is Cc1cccc(C)c1CC(C)(O)C=O. The first-order chi connectivity index (χ1) is 6.46. The monoisotopic (exact) mass is 192 g/mol. The third-order valence-electron chi connectivity index (χ3n) is 2.43. The predicted molar refractivity (Wildman–Crippen MR) is 56.3 cm³/mol. The molecule has 1 rings (SSSR count). The summed E-state index contributed by atoms with van der Waals surface area (Å²) >= 11 is 0. The molecule has 1 aromatic carbocycles. The Morgan fingerprint density at radius 3 is 2.29 bits per heavy atom. The van der Waals surface area contributed by atoms with Gasteiger partial charge in [0.15, 0.2) is 6.29 Å². The van der Waals surface area contributed by atoms with Crippen molar-refractivity contribution in [3.63, 3.8) is 0 Å². The van der Waals surface area contributed by atoms with Crippen LogP contribution in [-0.2, 0) is 11.2 Å². The summed E-state index contributed by atoms with van der Waals surface area (Å²) in [4.78, 5) is 10.6. The molecule has 0 spiro atoms. The van der Waals surface area contributed by atoms with Crippen LogP contribution in [0.4, 0.5) is 0 Å². The van der Waals surface area contributed by atoms with Gasteiger partial charge >= 0.3 is 0 Å². The van der Waals surface area contributed by atoms with Crippen LogP contribution in [0.3, 0.4) is 0 Å². The largest absolute Gasteiger partial charge is 0.382 e. The minimum absolute atomic E-state index is 0.384. The highest BCUT2D eigenvalue weighted by Gasteiger charge is 2.21. The van der Waals surface area contributed by atoms with Crippen molar-refractivity contribution in [2.75, 3.05) is 0 Å². The lowest BCUT2D eigenvalue weighted by Gasteiger charge is -2.18. The second-order valence-electron chi connectivity index (χ2n) is 4.02. The Hall–Kier alpha value is -1.15. The highest BCUT2D eigenvalue weighted by atomic mass is 16.3. The summed E-state index contributed by atoms with van der Waals surface area (Å²) in [6, 6.07) is 5.95. The van der Waals surface area contributed by atoms with Crippen LogP contribution in [-0.4, -0.2) is 17.0 Å². The molecule has 1 atom stereocenters. The number of hydrogen-bond donors (Lipinski definition) is 1. The fourth-order valence-corrected chi connectivity index (χ4v) is 1.53. The van der Waals surface area contributed by atoms with Crippen LogP contribution >= 0.6 is 0 Å². The van der Waals surface area contributed by atoms with Gasteiger partial charge in [0, 0.05) is 6.42 Å². The Bertz CT molecular complexity index is 320. The topological polar surface area (TPSA) is 37.3 Å². The maximum Gasteiger partial charge on any atom is 0.151 e. The predicted octanol–water partition coefficient (Wildman–Crippen LogP) is 1.80. The van der Waals surface area contributed by atoms with E-state index in [-0.39, 0.29) is 0 Å². The minimum Gasteiger partial charge on any atom is -0.382 e. The van der Waals surface area contributed by atoms with E-state index in [2.05, 4.69) is 0 Å². The molecular formula is C12H16O2. The van der Waals surface area contributed by atoms with Crippen LogP contribution < -0.4 is 0 Å². The zero-order valence-electron chi connectivity index (χ0n) is 8.87.